The number of hydrogen-bond donors (Lipinski definition) is 1. The highest BCUT2D eigenvalue weighted by atomic mass is 35.5. The molecule has 1 aliphatic heterocycles. The number of benzene rings is 1. The molecule has 1 aliphatic rings. The number of nitrogens with zero attached hydrogens (tertiary/aromatic N) is 3. The molecule has 1 aromatic carbocycles. The molecule has 1 saturated heterocycles. The van der Waals surface area contributed by atoms with Gasteiger partial charge in [0.05, 0.1) is 5.56 Å². The van der Waals surface area contributed by atoms with Gasteiger partial charge in [0, 0.05) is 36.2 Å². The Morgan fingerprint density at radius 3 is 2.61 bits per heavy atom. The first kappa shape index (κ1) is 15.7. The maximum atomic E-state index is 12.2. The summed E-state index contributed by atoms with van der Waals surface area (Å²) in [6, 6.07) is 7.03. The van der Waals surface area contributed by atoms with E-state index >= 15 is 0 Å². The van der Waals surface area contributed by atoms with Crippen LogP contribution in [0.4, 0.5) is 11.6 Å². The second kappa shape index (κ2) is 6.96. The second-order valence-electron chi connectivity index (χ2n) is 5.91. The summed E-state index contributed by atoms with van der Waals surface area (Å²) in [5.74, 6) is 1.20. The van der Waals surface area contributed by atoms with Crippen LogP contribution < -0.4 is 10.2 Å². The standard InChI is InChI=1S/C17H19ClN4O/c1-12-5-7-22(8-6-12)17-19-10-13(11-20-17)16(23)21-15-4-2-3-14(18)9-15/h2-4,9-12H,5-8H2,1H3,(H,21,23). The van der Waals surface area contributed by atoms with Gasteiger partial charge in [-0.05, 0) is 37.0 Å². The van der Waals surface area contributed by atoms with Crippen LogP contribution in [0.2, 0.25) is 5.02 Å². The van der Waals surface area contributed by atoms with E-state index < -0.39 is 0 Å². The minimum Gasteiger partial charge on any atom is -0.341 e. The van der Waals surface area contributed by atoms with Crippen molar-refractivity contribution in [3.63, 3.8) is 0 Å². The molecule has 6 heteroatoms. The lowest BCUT2D eigenvalue weighted by Crippen LogP contribution is -2.34. The minimum atomic E-state index is -0.244. The highest BCUT2D eigenvalue weighted by molar-refractivity contribution is 6.30. The molecule has 3 rings (SSSR count). The molecule has 1 N–H and O–H groups in total. The summed E-state index contributed by atoms with van der Waals surface area (Å²) in [4.78, 5) is 23.0. The fourth-order valence-corrected chi connectivity index (χ4v) is 2.77. The lowest BCUT2D eigenvalue weighted by molar-refractivity contribution is 0.102. The van der Waals surface area contributed by atoms with E-state index in [4.69, 9.17) is 11.6 Å². The molecule has 5 nitrogen and oxygen atoms in total. The van der Waals surface area contributed by atoms with Crippen molar-refractivity contribution in [1.29, 1.82) is 0 Å². The molecule has 120 valence electrons. The van der Waals surface area contributed by atoms with Gasteiger partial charge >= 0.3 is 0 Å². The summed E-state index contributed by atoms with van der Waals surface area (Å²) < 4.78 is 0. The zero-order chi connectivity index (χ0) is 16.2. The number of carbonyl (C=O) groups is 1. The van der Waals surface area contributed by atoms with E-state index in [-0.39, 0.29) is 5.91 Å². The number of amides is 1. The van der Waals surface area contributed by atoms with Crippen LogP contribution in [0.25, 0.3) is 0 Å². The van der Waals surface area contributed by atoms with Gasteiger partial charge in [-0.25, -0.2) is 9.97 Å². The third-order valence-corrected chi connectivity index (χ3v) is 4.28. The van der Waals surface area contributed by atoms with Crippen molar-refractivity contribution in [2.45, 2.75) is 19.8 Å². The van der Waals surface area contributed by atoms with Gasteiger partial charge < -0.3 is 10.2 Å². The van der Waals surface area contributed by atoms with Crippen LogP contribution in [-0.4, -0.2) is 29.0 Å². The van der Waals surface area contributed by atoms with E-state index in [1.165, 1.54) is 0 Å². The Bertz CT molecular complexity index is 681. The van der Waals surface area contributed by atoms with E-state index in [1.54, 1.807) is 36.7 Å². The zero-order valence-corrected chi connectivity index (χ0v) is 13.8. The normalized spacial score (nSPS) is 15.5. The van der Waals surface area contributed by atoms with Crippen molar-refractivity contribution in [2.24, 2.45) is 5.92 Å². The Hall–Kier alpha value is -2.14. The number of piperidine rings is 1. The van der Waals surface area contributed by atoms with Gasteiger partial charge in [0.1, 0.15) is 0 Å². The Morgan fingerprint density at radius 2 is 1.96 bits per heavy atom. The van der Waals surface area contributed by atoms with Gasteiger partial charge in [-0.15, -0.1) is 0 Å². The second-order valence-corrected chi connectivity index (χ2v) is 6.34. The number of halogens is 1. The predicted molar refractivity (Wildman–Crippen MR) is 92.0 cm³/mol. The Labute approximate surface area is 140 Å². The molecule has 0 bridgehead atoms. The Kier molecular flexibility index (Phi) is 4.76. The monoisotopic (exact) mass is 330 g/mol. The lowest BCUT2D eigenvalue weighted by Gasteiger charge is -2.30. The molecule has 0 atom stereocenters. The molecule has 0 saturated carbocycles. The van der Waals surface area contributed by atoms with Gasteiger partial charge in [-0.1, -0.05) is 24.6 Å². The number of anilines is 2. The van der Waals surface area contributed by atoms with E-state index in [0.29, 0.717) is 22.2 Å². The summed E-state index contributed by atoms with van der Waals surface area (Å²) in [5.41, 5.74) is 1.08. The molecule has 1 aromatic heterocycles. The lowest BCUT2D eigenvalue weighted by atomic mass is 10.00. The summed E-state index contributed by atoms with van der Waals surface area (Å²) >= 11 is 5.91. The topological polar surface area (TPSA) is 58.1 Å². The zero-order valence-electron chi connectivity index (χ0n) is 13.0. The molecule has 1 amide bonds. The first-order valence-corrected chi connectivity index (χ1v) is 8.13. The average Bonchev–Trinajstić information content (AvgIpc) is 2.56. The largest absolute Gasteiger partial charge is 0.341 e. The van der Waals surface area contributed by atoms with Gasteiger partial charge in [-0.2, -0.15) is 0 Å². The van der Waals surface area contributed by atoms with E-state index in [2.05, 4.69) is 27.1 Å². The fraction of sp³-hybridized carbons (Fsp3) is 0.353. The van der Waals surface area contributed by atoms with Gasteiger partial charge in [0.2, 0.25) is 5.95 Å². The van der Waals surface area contributed by atoms with E-state index in [9.17, 15) is 4.79 Å². The third-order valence-electron chi connectivity index (χ3n) is 4.05. The first-order chi connectivity index (χ1) is 11.1. The molecule has 2 heterocycles. The van der Waals surface area contributed by atoms with Crippen LogP contribution in [0.3, 0.4) is 0 Å². The molecule has 2 aromatic rings. The van der Waals surface area contributed by atoms with Gasteiger partial charge in [0.25, 0.3) is 5.91 Å². The van der Waals surface area contributed by atoms with Crippen molar-refractivity contribution >= 4 is 29.1 Å². The number of nitrogens with one attached hydrogen (secondary N) is 1. The average molecular weight is 331 g/mol. The molecule has 0 aliphatic carbocycles. The smallest absolute Gasteiger partial charge is 0.258 e. The van der Waals surface area contributed by atoms with Crippen molar-refractivity contribution in [2.75, 3.05) is 23.3 Å². The summed E-state index contributed by atoms with van der Waals surface area (Å²) in [7, 11) is 0. The maximum Gasteiger partial charge on any atom is 0.258 e. The summed E-state index contributed by atoms with van der Waals surface area (Å²) in [6.07, 6.45) is 5.45. The Morgan fingerprint density at radius 1 is 1.26 bits per heavy atom. The van der Waals surface area contributed by atoms with E-state index in [0.717, 1.165) is 31.8 Å². The molecule has 0 unspecified atom stereocenters. The molecule has 0 radical (unpaired) electrons. The highest BCUT2D eigenvalue weighted by Gasteiger charge is 2.18. The first-order valence-electron chi connectivity index (χ1n) is 7.76. The van der Waals surface area contributed by atoms with Crippen molar-refractivity contribution in [1.82, 2.24) is 9.97 Å². The number of rotatable bonds is 3. The van der Waals surface area contributed by atoms with Gasteiger partial charge in [-0.3, -0.25) is 4.79 Å². The van der Waals surface area contributed by atoms with Crippen molar-refractivity contribution in [3.8, 4) is 0 Å². The van der Waals surface area contributed by atoms with Crippen LogP contribution >= 0.6 is 11.6 Å². The minimum absolute atomic E-state index is 0.244. The highest BCUT2D eigenvalue weighted by Crippen LogP contribution is 2.20. The Balaban J connectivity index is 1.65. The molecule has 23 heavy (non-hydrogen) atoms. The van der Waals surface area contributed by atoms with Crippen molar-refractivity contribution in [3.05, 3.63) is 47.2 Å². The number of carbonyl (C=O) groups excluding carboxylic acids is 1. The molecular formula is C17H19ClN4O. The molecule has 1 fully saturated rings. The summed E-state index contributed by atoms with van der Waals surface area (Å²) in [6.45, 7) is 4.20. The SMILES string of the molecule is CC1CCN(c2ncc(C(=O)Nc3cccc(Cl)c3)cn2)CC1. The van der Waals surface area contributed by atoms with Crippen molar-refractivity contribution < 1.29 is 4.79 Å². The predicted octanol–water partition coefficient (Wildman–Crippen LogP) is 3.62. The van der Waals surface area contributed by atoms with Crippen LogP contribution in [0, 0.1) is 5.92 Å². The summed E-state index contributed by atoms with van der Waals surface area (Å²) in [5, 5.41) is 3.36. The van der Waals surface area contributed by atoms with Crippen LogP contribution in [0.1, 0.15) is 30.1 Å². The fourth-order valence-electron chi connectivity index (χ4n) is 2.58. The molecule has 0 spiro atoms. The van der Waals surface area contributed by atoms with Crippen LogP contribution in [0.15, 0.2) is 36.7 Å². The third kappa shape index (κ3) is 3.99. The van der Waals surface area contributed by atoms with Crippen LogP contribution in [-0.2, 0) is 0 Å². The molecular weight excluding hydrogens is 312 g/mol. The number of aromatic nitrogens is 2. The number of hydrogen-bond acceptors (Lipinski definition) is 4. The van der Waals surface area contributed by atoms with Crippen LogP contribution in [0.5, 0.6) is 0 Å². The van der Waals surface area contributed by atoms with E-state index in [1.807, 2.05) is 0 Å². The maximum absolute atomic E-state index is 12.2. The quantitative estimate of drug-likeness (QED) is 0.933. The van der Waals surface area contributed by atoms with Gasteiger partial charge in [0.15, 0.2) is 0 Å².